The highest BCUT2D eigenvalue weighted by Gasteiger charge is 2.09. The minimum absolute atomic E-state index is 0.227. The highest BCUT2D eigenvalue weighted by atomic mass is 79.9. The minimum atomic E-state index is 0.227. The van der Waals surface area contributed by atoms with Gasteiger partial charge in [-0.2, -0.15) is 0 Å². The lowest BCUT2D eigenvalue weighted by Gasteiger charge is -2.05. The van der Waals surface area contributed by atoms with Gasteiger partial charge >= 0.3 is 0 Å². The monoisotopic (exact) mass is 247 g/mol. The van der Waals surface area contributed by atoms with Gasteiger partial charge in [-0.3, -0.25) is 0 Å². The average Bonchev–Trinajstić information content (AvgIpc) is 2.33. The van der Waals surface area contributed by atoms with Crippen molar-refractivity contribution in [3.05, 3.63) is 20.3 Å². The fraction of sp³-hybridized carbons (Fsp3) is 0.556. The van der Waals surface area contributed by atoms with Crippen molar-refractivity contribution in [3.8, 4) is 0 Å². The summed E-state index contributed by atoms with van der Waals surface area (Å²) in [7, 11) is 0. The van der Waals surface area contributed by atoms with E-state index >= 15 is 0 Å². The quantitative estimate of drug-likeness (QED) is 0.868. The second-order valence-electron chi connectivity index (χ2n) is 3.00. The van der Waals surface area contributed by atoms with Crippen LogP contribution in [0.1, 0.15) is 36.2 Å². The van der Waals surface area contributed by atoms with Gasteiger partial charge in [-0.1, -0.05) is 13.3 Å². The number of thiophene rings is 1. The van der Waals surface area contributed by atoms with E-state index < -0.39 is 0 Å². The summed E-state index contributed by atoms with van der Waals surface area (Å²) >= 11 is 5.25. The molecule has 1 unspecified atom stereocenters. The van der Waals surface area contributed by atoms with Gasteiger partial charge in [0.25, 0.3) is 0 Å². The minimum Gasteiger partial charge on any atom is -0.323 e. The van der Waals surface area contributed by atoms with Gasteiger partial charge in [0.1, 0.15) is 0 Å². The van der Waals surface area contributed by atoms with Crippen LogP contribution in [-0.4, -0.2) is 0 Å². The third kappa shape index (κ3) is 2.31. The lowest BCUT2D eigenvalue weighted by atomic mass is 10.1. The van der Waals surface area contributed by atoms with Crippen molar-refractivity contribution in [2.45, 2.75) is 32.7 Å². The van der Waals surface area contributed by atoms with E-state index in [1.54, 1.807) is 11.3 Å². The Labute approximate surface area is 86.1 Å². The Morgan fingerprint density at radius 3 is 2.75 bits per heavy atom. The van der Waals surface area contributed by atoms with Gasteiger partial charge < -0.3 is 5.73 Å². The summed E-state index contributed by atoms with van der Waals surface area (Å²) in [4.78, 5) is 1.29. The normalized spacial score (nSPS) is 13.3. The Bertz CT molecular complexity index is 238. The maximum absolute atomic E-state index is 5.98. The van der Waals surface area contributed by atoms with Crippen LogP contribution in [0, 0.1) is 6.92 Å². The van der Waals surface area contributed by atoms with E-state index in [0.29, 0.717) is 0 Å². The van der Waals surface area contributed by atoms with E-state index in [2.05, 4.69) is 35.8 Å². The van der Waals surface area contributed by atoms with Crippen LogP contribution in [-0.2, 0) is 0 Å². The highest BCUT2D eigenvalue weighted by Crippen LogP contribution is 2.31. The van der Waals surface area contributed by atoms with Crippen LogP contribution in [0.3, 0.4) is 0 Å². The molecule has 0 saturated heterocycles. The van der Waals surface area contributed by atoms with E-state index in [0.717, 1.165) is 12.8 Å². The Kier molecular flexibility index (Phi) is 3.75. The molecular formula is C9H14BrNS. The summed E-state index contributed by atoms with van der Waals surface area (Å²) in [6.45, 7) is 4.26. The Hall–Kier alpha value is 0.140. The fourth-order valence-electron chi connectivity index (χ4n) is 1.12. The predicted octanol–water partition coefficient (Wildman–Crippen LogP) is 3.62. The first-order valence-corrected chi connectivity index (χ1v) is 5.77. The van der Waals surface area contributed by atoms with Crippen LogP contribution in [0.4, 0.5) is 0 Å². The van der Waals surface area contributed by atoms with Gasteiger partial charge in [-0.05, 0) is 40.9 Å². The van der Waals surface area contributed by atoms with Gasteiger partial charge in [0.15, 0.2) is 0 Å². The first-order valence-electron chi connectivity index (χ1n) is 4.16. The van der Waals surface area contributed by atoms with Gasteiger partial charge in [0.2, 0.25) is 0 Å². The molecule has 0 aromatic carbocycles. The van der Waals surface area contributed by atoms with E-state index in [1.165, 1.54) is 14.2 Å². The molecule has 1 aromatic heterocycles. The maximum atomic E-state index is 5.98. The Morgan fingerprint density at radius 1 is 1.67 bits per heavy atom. The van der Waals surface area contributed by atoms with Crippen molar-refractivity contribution in [2.75, 3.05) is 0 Å². The van der Waals surface area contributed by atoms with Crippen LogP contribution in [0.15, 0.2) is 9.85 Å². The van der Waals surface area contributed by atoms with Gasteiger partial charge in [0, 0.05) is 10.9 Å². The first-order chi connectivity index (χ1) is 5.65. The molecule has 0 amide bonds. The van der Waals surface area contributed by atoms with Gasteiger partial charge in [-0.25, -0.2) is 0 Å². The SMILES string of the molecule is CCCC(N)c1cc(C)c(Br)s1. The molecule has 3 heteroatoms. The van der Waals surface area contributed by atoms with Crippen molar-refractivity contribution < 1.29 is 0 Å². The van der Waals surface area contributed by atoms with E-state index in [1.807, 2.05) is 0 Å². The van der Waals surface area contributed by atoms with Crippen LogP contribution in [0.25, 0.3) is 0 Å². The fourth-order valence-corrected chi connectivity index (χ4v) is 2.73. The van der Waals surface area contributed by atoms with Crippen LogP contribution >= 0.6 is 27.3 Å². The first kappa shape index (κ1) is 10.2. The van der Waals surface area contributed by atoms with Gasteiger partial charge in [-0.15, -0.1) is 11.3 Å². The van der Waals surface area contributed by atoms with Crippen LogP contribution < -0.4 is 5.73 Å². The molecule has 1 atom stereocenters. The molecule has 0 bridgehead atoms. The molecule has 0 aliphatic carbocycles. The highest BCUT2D eigenvalue weighted by molar-refractivity contribution is 9.11. The summed E-state index contributed by atoms with van der Waals surface area (Å²) in [5, 5.41) is 0. The van der Waals surface area contributed by atoms with Crippen LogP contribution in [0.5, 0.6) is 0 Å². The second kappa shape index (κ2) is 4.40. The molecule has 0 saturated carbocycles. The molecule has 0 radical (unpaired) electrons. The zero-order valence-corrected chi connectivity index (χ0v) is 9.83. The van der Waals surface area contributed by atoms with Crippen molar-refractivity contribution >= 4 is 27.3 Å². The predicted molar refractivity (Wildman–Crippen MR) is 58.6 cm³/mol. The number of rotatable bonds is 3. The summed E-state index contributed by atoms with van der Waals surface area (Å²) in [6.07, 6.45) is 2.22. The van der Waals surface area contributed by atoms with Crippen molar-refractivity contribution in [1.82, 2.24) is 0 Å². The number of aryl methyl sites for hydroxylation is 1. The number of halogens is 1. The Morgan fingerprint density at radius 2 is 2.33 bits per heavy atom. The van der Waals surface area contributed by atoms with Crippen molar-refractivity contribution in [3.63, 3.8) is 0 Å². The Balaban J connectivity index is 2.74. The lowest BCUT2D eigenvalue weighted by Crippen LogP contribution is -2.07. The zero-order chi connectivity index (χ0) is 9.14. The van der Waals surface area contributed by atoms with E-state index in [9.17, 15) is 0 Å². The molecule has 0 spiro atoms. The molecule has 1 heterocycles. The molecule has 12 heavy (non-hydrogen) atoms. The molecule has 68 valence electrons. The van der Waals surface area contributed by atoms with E-state index in [-0.39, 0.29) is 6.04 Å². The van der Waals surface area contributed by atoms with Crippen LogP contribution in [0.2, 0.25) is 0 Å². The molecule has 2 N–H and O–H groups in total. The lowest BCUT2D eigenvalue weighted by molar-refractivity contribution is 0.648. The summed E-state index contributed by atoms with van der Waals surface area (Å²) in [5.74, 6) is 0. The molecule has 1 nitrogen and oxygen atoms in total. The topological polar surface area (TPSA) is 26.0 Å². The molecule has 1 rings (SSSR count). The third-order valence-corrected chi connectivity index (χ3v) is 4.11. The molecule has 0 fully saturated rings. The molecule has 0 aliphatic rings. The zero-order valence-electron chi connectivity index (χ0n) is 7.43. The number of nitrogens with two attached hydrogens (primary N) is 1. The number of hydrogen-bond acceptors (Lipinski definition) is 2. The smallest absolute Gasteiger partial charge is 0.0731 e. The van der Waals surface area contributed by atoms with Crippen molar-refractivity contribution in [2.24, 2.45) is 5.73 Å². The maximum Gasteiger partial charge on any atom is 0.0731 e. The second-order valence-corrected chi connectivity index (χ2v) is 5.40. The standard InChI is InChI=1S/C9H14BrNS/c1-3-4-7(11)8-5-6(2)9(10)12-8/h5,7H,3-4,11H2,1-2H3. The van der Waals surface area contributed by atoms with Crippen molar-refractivity contribution in [1.29, 1.82) is 0 Å². The van der Waals surface area contributed by atoms with E-state index in [4.69, 9.17) is 5.73 Å². The summed E-state index contributed by atoms with van der Waals surface area (Å²) in [5.41, 5.74) is 7.27. The molecule has 0 aliphatic heterocycles. The third-order valence-electron chi connectivity index (χ3n) is 1.84. The average molecular weight is 248 g/mol. The molecule has 1 aromatic rings. The number of hydrogen-bond donors (Lipinski definition) is 1. The van der Waals surface area contributed by atoms with Gasteiger partial charge in [0.05, 0.1) is 3.79 Å². The molecular weight excluding hydrogens is 234 g/mol. The summed E-state index contributed by atoms with van der Waals surface area (Å²) < 4.78 is 1.21. The largest absolute Gasteiger partial charge is 0.323 e. The summed E-state index contributed by atoms with van der Waals surface area (Å²) in [6, 6.07) is 2.40.